The van der Waals surface area contributed by atoms with Gasteiger partial charge in [0.25, 0.3) is 0 Å². The molecule has 0 aromatic carbocycles. The summed E-state index contributed by atoms with van der Waals surface area (Å²) in [5, 5.41) is 0. The molecule has 0 spiro atoms. The lowest BCUT2D eigenvalue weighted by Crippen LogP contribution is -2.54. The van der Waals surface area contributed by atoms with Crippen molar-refractivity contribution >= 4 is 18.1 Å². The number of hydrogen-bond acceptors (Lipinski definition) is 6. The molecule has 0 saturated carbocycles. The van der Waals surface area contributed by atoms with Crippen LogP contribution in [0.1, 0.15) is 41.0 Å². The highest BCUT2D eigenvalue weighted by Crippen LogP contribution is 2.30. The average molecular weight is 425 g/mol. The van der Waals surface area contributed by atoms with E-state index in [1.54, 1.807) is 4.90 Å². The van der Waals surface area contributed by atoms with E-state index in [0.717, 1.165) is 6.54 Å². The van der Waals surface area contributed by atoms with Crippen LogP contribution >= 0.6 is 0 Å². The largest absolute Gasteiger partial charge is 0.468 e. The number of likely N-dealkylation sites (tertiary alicyclic amines) is 1. The van der Waals surface area contributed by atoms with Gasteiger partial charge in [-0.1, -0.05) is 13.8 Å². The van der Waals surface area contributed by atoms with E-state index < -0.39 is 5.60 Å². The molecular weight excluding hydrogens is 388 g/mol. The Kier molecular flexibility index (Phi) is 6.50. The Hall–Kier alpha value is -2.03. The van der Waals surface area contributed by atoms with Crippen molar-refractivity contribution in [3.05, 3.63) is 0 Å². The van der Waals surface area contributed by atoms with Gasteiger partial charge in [-0.25, -0.2) is 9.59 Å². The molecule has 30 heavy (non-hydrogen) atoms. The second-order valence-corrected chi connectivity index (χ2v) is 9.98. The number of rotatable bonds is 4. The van der Waals surface area contributed by atoms with Crippen LogP contribution in [0.4, 0.5) is 9.59 Å². The Bertz CT molecular complexity index is 677. The Balaban J connectivity index is 1.66. The molecule has 0 aromatic heterocycles. The zero-order chi connectivity index (χ0) is 22.2. The summed E-state index contributed by atoms with van der Waals surface area (Å²) in [7, 11) is 1.41. The number of amides is 3. The monoisotopic (exact) mass is 424 g/mol. The SMILES string of the molecule is COC(=O)[C@H]1C[C@H](N2CC3CN(C(=O)OC(C)(C)C)CCN3C2=O)CN1CC(C)C. The summed E-state index contributed by atoms with van der Waals surface area (Å²) in [6.45, 7) is 13.3. The first-order chi connectivity index (χ1) is 14.0. The number of hydrogen-bond donors (Lipinski definition) is 0. The lowest BCUT2D eigenvalue weighted by Gasteiger charge is -2.37. The van der Waals surface area contributed by atoms with Crippen LogP contribution in [0.5, 0.6) is 0 Å². The van der Waals surface area contributed by atoms with Crippen molar-refractivity contribution in [2.24, 2.45) is 5.92 Å². The van der Waals surface area contributed by atoms with Gasteiger partial charge in [-0.15, -0.1) is 0 Å². The molecule has 0 radical (unpaired) electrons. The van der Waals surface area contributed by atoms with Crippen LogP contribution in [0.25, 0.3) is 0 Å². The van der Waals surface area contributed by atoms with E-state index in [4.69, 9.17) is 9.47 Å². The van der Waals surface area contributed by atoms with Gasteiger partial charge in [-0.2, -0.15) is 0 Å². The molecule has 3 amide bonds. The Morgan fingerprint density at radius 2 is 1.77 bits per heavy atom. The fraction of sp³-hybridized carbons (Fsp3) is 0.857. The molecule has 9 heteroatoms. The molecule has 0 aliphatic carbocycles. The van der Waals surface area contributed by atoms with E-state index in [9.17, 15) is 14.4 Å². The van der Waals surface area contributed by atoms with Crippen LogP contribution in [0.2, 0.25) is 0 Å². The average Bonchev–Trinajstić information content (AvgIpc) is 3.20. The summed E-state index contributed by atoms with van der Waals surface area (Å²) < 4.78 is 10.5. The molecule has 3 saturated heterocycles. The standard InChI is InChI=1S/C21H36N4O5/c1-14(2)10-23-11-15(9-17(23)18(26)29-6)25-13-16-12-22(7-8-24(16)19(25)27)20(28)30-21(3,4)5/h14-17H,7-13H2,1-6H3/t15-,16?,17+/m0/s1. The van der Waals surface area contributed by atoms with Gasteiger partial charge in [0.05, 0.1) is 13.2 Å². The fourth-order valence-corrected chi connectivity index (χ4v) is 4.69. The molecule has 3 rings (SSSR count). The van der Waals surface area contributed by atoms with Gasteiger partial charge < -0.3 is 24.2 Å². The minimum Gasteiger partial charge on any atom is -0.468 e. The Labute approximate surface area is 179 Å². The number of piperazine rings is 1. The van der Waals surface area contributed by atoms with Gasteiger partial charge in [-0.05, 0) is 33.1 Å². The maximum absolute atomic E-state index is 13.1. The second-order valence-electron chi connectivity index (χ2n) is 9.98. The first-order valence-corrected chi connectivity index (χ1v) is 10.9. The van der Waals surface area contributed by atoms with E-state index in [0.29, 0.717) is 45.1 Å². The molecule has 1 unspecified atom stereocenters. The predicted molar refractivity (Wildman–Crippen MR) is 111 cm³/mol. The summed E-state index contributed by atoms with van der Waals surface area (Å²) >= 11 is 0. The quantitative estimate of drug-likeness (QED) is 0.638. The lowest BCUT2D eigenvalue weighted by molar-refractivity contribution is -0.146. The lowest BCUT2D eigenvalue weighted by atomic mass is 10.1. The molecule has 0 aromatic rings. The number of ether oxygens (including phenoxy) is 2. The van der Waals surface area contributed by atoms with Crippen LogP contribution < -0.4 is 0 Å². The molecule has 3 heterocycles. The summed E-state index contributed by atoms with van der Waals surface area (Å²) in [6.07, 6.45) is 0.254. The van der Waals surface area contributed by atoms with E-state index in [2.05, 4.69) is 18.7 Å². The first-order valence-electron chi connectivity index (χ1n) is 10.9. The van der Waals surface area contributed by atoms with Crippen molar-refractivity contribution < 1.29 is 23.9 Å². The maximum atomic E-state index is 13.1. The van der Waals surface area contributed by atoms with Gasteiger partial charge in [0, 0.05) is 45.3 Å². The van der Waals surface area contributed by atoms with Crippen LogP contribution in [0.3, 0.4) is 0 Å². The van der Waals surface area contributed by atoms with Crippen molar-refractivity contribution in [3.8, 4) is 0 Å². The molecule has 0 N–H and O–H groups in total. The molecule has 3 aliphatic heterocycles. The maximum Gasteiger partial charge on any atom is 0.410 e. The zero-order valence-electron chi connectivity index (χ0n) is 19.1. The highest BCUT2D eigenvalue weighted by atomic mass is 16.6. The minimum absolute atomic E-state index is 0.00357. The number of carbonyl (C=O) groups excluding carboxylic acids is 3. The van der Waals surface area contributed by atoms with Crippen molar-refractivity contribution in [1.82, 2.24) is 19.6 Å². The number of urea groups is 1. The van der Waals surface area contributed by atoms with Crippen LogP contribution in [-0.4, -0.2) is 108 Å². The molecule has 9 nitrogen and oxygen atoms in total. The van der Waals surface area contributed by atoms with Gasteiger partial charge >= 0.3 is 18.1 Å². The smallest absolute Gasteiger partial charge is 0.410 e. The van der Waals surface area contributed by atoms with Crippen molar-refractivity contribution in [2.75, 3.05) is 46.4 Å². The number of methoxy groups -OCH3 is 1. The van der Waals surface area contributed by atoms with Crippen molar-refractivity contribution in [1.29, 1.82) is 0 Å². The summed E-state index contributed by atoms with van der Waals surface area (Å²) in [5.74, 6) is 0.178. The Morgan fingerprint density at radius 1 is 1.07 bits per heavy atom. The van der Waals surface area contributed by atoms with E-state index in [1.165, 1.54) is 7.11 Å². The van der Waals surface area contributed by atoms with Gasteiger partial charge in [-0.3, -0.25) is 9.69 Å². The van der Waals surface area contributed by atoms with Crippen LogP contribution in [-0.2, 0) is 14.3 Å². The van der Waals surface area contributed by atoms with Crippen molar-refractivity contribution in [2.45, 2.75) is 64.8 Å². The number of carbonyl (C=O) groups is 3. The van der Waals surface area contributed by atoms with Gasteiger partial charge in [0.2, 0.25) is 0 Å². The van der Waals surface area contributed by atoms with E-state index in [1.807, 2.05) is 30.6 Å². The van der Waals surface area contributed by atoms with Crippen LogP contribution in [0.15, 0.2) is 0 Å². The van der Waals surface area contributed by atoms with Gasteiger partial charge in [0.1, 0.15) is 11.6 Å². The fourth-order valence-electron chi connectivity index (χ4n) is 4.69. The minimum atomic E-state index is -0.543. The Morgan fingerprint density at radius 3 is 2.37 bits per heavy atom. The highest BCUT2D eigenvalue weighted by Gasteiger charge is 2.48. The third-order valence-corrected chi connectivity index (χ3v) is 5.93. The topological polar surface area (TPSA) is 82.6 Å². The second kappa shape index (κ2) is 8.61. The highest BCUT2D eigenvalue weighted by molar-refractivity contribution is 5.80. The predicted octanol–water partition coefficient (Wildman–Crippen LogP) is 1.62. The number of fused-ring (bicyclic) bond motifs is 1. The van der Waals surface area contributed by atoms with Gasteiger partial charge in [0.15, 0.2) is 0 Å². The molecule has 3 atom stereocenters. The third-order valence-electron chi connectivity index (χ3n) is 5.93. The number of esters is 1. The molecule has 3 aliphatic rings. The molecule has 170 valence electrons. The third kappa shape index (κ3) is 4.82. The van der Waals surface area contributed by atoms with Crippen molar-refractivity contribution in [3.63, 3.8) is 0 Å². The molecule has 3 fully saturated rings. The van der Waals surface area contributed by atoms with E-state index in [-0.39, 0.29) is 36.2 Å². The summed E-state index contributed by atoms with van der Waals surface area (Å²) in [6, 6.07) is -0.384. The van der Waals surface area contributed by atoms with E-state index >= 15 is 0 Å². The first kappa shape index (κ1) is 22.7. The zero-order valence-corrected chi connectivity index (χ0v) is 19.1. The molecular formula is C21H36N4O5. The molecule has 0 bridgehead atoms. The summed E-state index contributed by atoms with van der Waals surface area (Å²) in [5.41, 5.74) is -0.543. The summed E-state index contributed by atoms with van der Waals surface area (Å²) in [4.78, 5) is 45.4. The van der Waals surface area contributed by atoms with Crippen LogP contribution in [0, 0.1) is 5.92 Å². The number of nitrogens with zero attached hydrogens (tertiary/aromatic N) is 4. The normalized spacial score (nSPS) is 27.6.